The van der Waals surface area contributed by atoms with Crippen LogP contribution in [-0.2, 0) is 0 Å². The van der Waals surface area contributed by atoms with Crippen LogP contribution >= 0.6 is 0 Å². The topological polar surface area (TPSA) is 26.0 Å². The van der Waals surface area contributed by atoms with Gasteiger partial charge in [-0.25, -0.2) is 0 Å². The highest BCUT2D eigenvalue weighted by molar-refractivity contribution is 4.82. The molecule has 0 radical (unpaired) electrons. The fraction of sp³-hybridized carbons (Fsp3) is 1.00. The smallest absolute Gasteiger partial charge is 0.0151 e. The molecular weight excluding hydrogens is 434 g/mol. The van der Waals surface area contributed by atoms with Crippen molar-refractivity contribution in [3.8, 4) is 0 Å². The van der Waals surface area contributed by atoms with E-state index in [4.69, 9.17) is 5.73 Å². The average molecular weight is 508 g/mol. The summed E-state index contributed by atoms with van der Waals surface area (Å²) in [4.78, 5) is 0. The SMILES string of the molecule is CCCCCCCCCCCCCCCCC(N)(CC)CCCCCCCCCCCCCCCC. The van der Waals surface area contributed by atoms with Crippen molar-refractivity contribution in [1.82, 2.24) is 0 Å². The van der Waals surface area contributed by atoms with Crippen LogP contribution in [0.5, 0.6) is 0 Å². The van der Waals surface area contributed by atoms with E-state index < -0.39 is 0 Å². The first-order valence-electron chi connectivity index (χ1n) is 17.5. The maximum atomic E-state index is 6.79. The summed E-state index contributed by atoms with van der Waals surface area (Å²) in [6, 6.07) is 0. The molecular formula is C35H73N. The van der Waals surface area contributed by atoms with Crippen LogP contribution < -0.4 is 5.73 Å². The van der Waals surface area contributed by atoms with E-state index in [1.165, 1.54) is 193 Å². The van der Waals surface area contributed by atoms with Gasteiger partial charge in [0.05, 0.1) is 0 Å². The van der Waals surface area contributed by atoms with Gasteiger partial charge in [-0.2, -0.15) is 0 Å². The lowest BCUT2D eigenvalue weighted by Gasteiger charge is -2.28. The monoisotopic (exact) mass is 508 g/mol. The second-order valence-corrected chi connectivity index (χ2v) is 12.4. The molecule has 36 heavy (non-hydrogen) atoms. The Bertz CT molecular complexity index is 358. The van der Waals surface area contributed by atoms with Gasteiger partial charge in [0.2, 0.25) is 0 Å². The van der Waals surface area contributed by atoms with Crippen molar-refractivity contribution in [3.63, 3.8) is 0 Å². The second kappa shape index (κ2) is 29.5. The third-order valence-corrected chi connectivity index (χ3v) is 8.76. The van der Waals surface area contributed by atoms with Gasteiger partial charge in [-0.1, -0.05) is 201 Å². The summed E-state index contributed by atoms with van der Waals surface area (Å²) in [5.41, 5.74) is 6.91. The Morgan fingerprint density at radius 2 is 0.500 bits per heavy atom. The lowest BCUT2D eigenvalue weighted by atomic mass is 9.85. The summed E-state index contributed by atoms with van der Waals surface area (Å²) in [6.45, 7) is 6.92. The Balaban J connectivity index is 3.41. The Labute approximate surface area is 230 Å². The minimum absolute atomic E-state index is 0.119. The van der Waals surface area contributed by atoms with E-state index in [0.717, 1.165) is 6.42 Å². The Morgan fingerprint density at radius 1 is 0.306 bits per heavy atom. The number of rotatable bonds is 31. The molecule has 0 aliphatic carbocycles. The first kappa shape index (κ1) is 36.0. The van der Waals surface area contributed by atoms with Crippen molar-refractivity contribution in [3.05, 3.63) is 0 Å². The van der Waals surface area contributed by atoms with Gasteiger partial charge in [-0.15, -0.1) is 0 Å². The largest absolute Gasteiger partial charge is 0.325 e. The minimum atomic E-state index is 0.119. The lowest BCUT2D eigenvalue weighted by Crippen LogP contribution is -2.38. The molecule has 2 N–H and O–H groups in total. The Hall–Kier alpha value is -0.0400. The molecule has 0 unspecified atom stereocenters. The number of hydrogen-bond acceptors (Lipinski definition) is 1. The minimum Gasteiger partial charge on any atom is -0.325 e. The Kier molecular flexibility index (Phi) is 29.5. The summed E-state index contributed by atoms with van der Waals surface area (Å²) >= 11 is 0. The second-order valence-electron chi connectivity index (χ2n) is 12.4. The van der Waals surface area contributed by atoms with Gasteiger partial charge in [0, 0.05) is 5.54 Å². The summed E-state index contributed by atoms with van der Waals surface area (Å²) < 4.78 is 0. The molecule has 0 aliphatic heterocycles. The molecule has 0 saturated heterocycles. The highest BCUT2D eigenvalue weighted by atomic mass is 14.7. The van der Waals surface area contributed by atoms with Crippen molar-refractivity contribution in [2.75, 3.05) is 0 Å². The molecule has 0 fully saturated rings. The fourth-order valence-corrected chi connectivity index (χ4v) is 5.82. The zero-order valence-electron chi connectivity index (χ0n) is 26.0. The maximum absolute atomic E-state index is 6.79. The highest BCUT2D eigenvalue weighted by Gasteiger charge is 2.21. The van der Waals surface area contributed by atoms with E-state index >= 15 is 0 Å². The molecule has 1 nitrogen and oxygen atoms in total. The molecule has 0 aromatic rings. The van der Waals surface area contributed by atoms with Gasteiger partial charge in [0.15, 0.2) is 0 Å². The van der Waals surface area contributed by atoms with Gasteiger partial charge in [-0.05, 0) is 19.3 Å². The lowest BCUT2D eigenvalue weighted by molar-refractivity contribution is 0.324. The van der Waals surface area contributed by atoms with Gasteiger partial charge in [0.1, 0.15) is 0 Å². The number of unbranched alkanes of at least 4 members (excludes halogenated alkanes) is 26. The van der Waals surface area contributed by atoms with Crippen LogP contribution in [-0.4, -0.2) is 5.54 Å². The highest BCUT2D eigenvalue weighted by Crippen LogP contribution is 2.24. The van der Waals surface area contributed by atoms with E-state index in [2.05, 4.69) is 20.8 Å². The fourth-order valence-electron chi connectivity index (χ4n) is 5.82. The van der Waals surface area contributed by atoms with Gasteiger partial charge >= 0.3 is 0 Å². The van der Waals surface area contributed by atoms with Crippen molar-refractivity contribution in [1.29, 1.82) is 0 Å². The van der Waals surface area contributed by atoms with Crippen LogP contribution in [0, 0.1) is 0 Å². The summed E-state index contributed by atoms with van der Waals surface area (Å²) in [5.74, 6) is 0. The van der Waals surface area contributed by atoms with Crippen LogP contribution in [0.3, 0.4) is 0 Å². The molecule has 0 amide bonds. The van der Waals surface area contributed by atoms with Crippen LogP contribution in [0.15, 0.2) is 0 Å². The van der Waals surface area contributed by atoms with Crippen molar-refractivity contribution < 1.29 is 0 Å². The number of hydrogen-bond donors (Lipinski definition) is 1. The molecule has 0 rings (SSSR count). The third kappa shape index (κ3) is 27.0. The molecule has 0 bridgehead atoms. The van der Waals surface area contributed by atoms with E-state index in [9.17, 15) is 0 Å². The molecule has 0 aromatic carbocycles. The van der Waals surface area contributed by atoms with E-state index in [1.54, 1.807) is 0 Å². The Morgan fingerprint density at radius 3 is 0.694 bits per heavy atom. The standard InChI is InChI=1S/C35H73N/c1-4-7-9-11-13-15-17-19-21-23-25-27-29-31-33-35(36,6-3)34-32-30-28-26-24-22-20-18-16-14-12-10-8-5-2/h4-34,36H2,1-3H3. The molecule has 1 heteroatoms. The third-order valence-electron chi connectivity index (χ3n) is 8.76. The summed E-state index contributed by atoms with van der Waals surface area (Å²) in [6.07, 6.45) is 43.9. The van der Waals surface area contributed by atoms with Crippen molar-refractivity contribution in [2.24, 2.45) is 5.73 Å². The van der Waals surface area contributed by atoms with Crippen LogP contribution in [0.25, 0.3) is 0 Å². The van der Waals surface area contributed by atoms with Crippen LogP contribution in [0.4, 0.5) is 0 Å². The number of nitrogens with two attached hydrogens (primary N) is 1. The molecule has 0 aliphatic rings. The van der Waals surface area contributed by atoms with Crippen LogP contribution in [0.2, 0.25) is 0 Å². The molecule has 0 aromatic heterocycles. The van der Waals surface area contributed by atoms with Gasteiger partial charge in [-0.3, -0.25) is 0 Å². The predicted molar refractivity (Wildman–Crippen MR) is 167 cm³/mol. The van der Waals surface area contributed by atoms with Crippen LogP contribution in [0.1, 0.15) is 220 Å². The van der Waals surface area contributed by atoms with E-state index in [0.29, 0.717) is 0 Å². The average Bonchev–Trinajstić information content (AvgIpc) is 2.89. The quantitative estimate of drug-likeness (QED) is 0.0927. The predicted octanol–water partition coefficient (Wildman–Crippen LogP) is 12.8. The molecule has 0 heterocycles. The van der Waals surface area contributed by atoms with Gasteiger partial charge < -0.3 is 5.73 Å². The zero-order valence-corrected chi connectivity index (χ0v) is 26.0. The van der Waals surface area contributed by atoms with Crippen molar-refractivity contribution in [2.45, 2.75) is 225 Å². The van der Waals surface area contributed by atoms with Crippen molar-refractivity contribution >= 4 is 0 Å². The zero-order chi connectivity index (χ0) is 26.4. The molecule has 218 valence electrons. The summed E-state index contributed by atoms with van der Waals surface area (Å²) in [5, 5.41) is 0. The first-order valence-corrected chi connectivity index (χ1v) is 17.5. The molecule has 0 saturated carbocycles. The van der Waals surface area contributed by atoms with E-state index in [-0.39, 0.29) is 5.54 Å². The molecule has 0 atom stereocenters. The maximum Gasteiger partial charge on any atom is 0.0151 e. The van der Waals surface area contributed by atoms with E-state index in [1.807, 2.05) is 0 Å². The molecule has 0 spiro atoms. The summed E-state index contributed by atoms with van der Waals surface area (Å²) in [7, 11) is 0. The first-order chi connectivity index (χ1) is 17.7. The van der Waals surface area contributed by atoms with Gasteiger partial charge in [0.25, 0.3) is 0 Å². The normalized spacial score (nSPS) is 12.0.